The number of methoxy groups -OCH3 is 1. The molecule has 19 heavy (non-hydrogen) atoms. The van der Waals surface area contributed by atoms with Gasteiger partial charge in [-0.1, -0.05) is 0 Å². The van der Waals surface area contributed by atoms with Gasteiger partial charge in [0.05, 0.1) is 6.20 Å². The second-order valence-corrected chi connectivity index (χ2v) is 4.52. The van der Waals surface area contributed by atoms with E-state index in [1.54, 1.807) is 13.3 Å². The van der Waals surface area contributed by atoms with Crippen molar-refractivity contribution in [3.63, 3.8) is 0 Å². The Hall–Kier alpha value is -1.47. The van der Waals surface area contributed by atoms with Crippen molar-refractivity contribution in [2.45, 2.75) is 12.8 Å². The SMILES string of the molecule is COCCCNc1nncc(NCCCN(C)C)n1. The molecule has 0 aliphatic heterocycles. The van der Waals surface area contributed by atoms with Crippen LogP contribution in [0.4, 0.5) is 11.8 Å². The first-order valence-corrected chi connectivity index (χ1v) is 6.53. The molecule has 1 heterocycles. The summed E-state index contributed by atoms with van der Waals surface area (Å²) >= 11 is 0. The van der Waals surface area contributed by atoms with Gasteiger partial charge in [0.25, 0.3) is 0 Å². The maximum Gasteiger partial charge on any atom is 0.244 e. The third-order valence-electron chi connectivity index (χ3n) is 2.46. The molecule has 1 aromatic heterocycles. The second kappa shape index (κ2) is 9.46. The highest BCUT2D eigenvalue weighted by Crippen LogP contribution is 2.03. The van der Waals surface area contributed by atoms with Crippen LogP contribution in [0.25, 0.3) is 0 Å². The Morgan fingerprint density at radius 2 is 2.00 bits per heavy atom. The number of ether oxygens (including phenoxy) is 1. The molecule has 1 aromatic rings. The molecule has 7 nitrogen and oxygen atoms in total. The lowest BCUT2D eigenvalue weighted by molar-refractivity contribution is 0.197. The first-order chi connectivity index (χ1) is 9.22. The van der Waals surface area contributed by atoms with E-state index in [2.05, 4.69) is 44.8 Å². The number of rotatable bonds is 10. The van der Waals surface area contributed by atoms with Crippen molar-refractivity contribution in [1.29, 1.82) is 0 Å². The molecular weight excluding hydrogens is 244 g/mol. The summed E-state index contributed by atoms with van der Waals surface area (Å²) in [4.78, 5) is 6.49. The Bertz CT molecular complexity index is 347. The van der Waals surface area contributed by atoms with E-state index in [-0.39, 0.29) is 0 Å². The van der Waals surface area contributed by atoms with Gasteiger partial charge in [-0.2, -0.15) is 10.1 Å². The van der Waals surface area contributed by atoms with E-state index in [0.29, 0.717) is 5.95 Å². The van der Waals surface area contributed by atoms with E-state index in [4.69, 9.17) is 4.74 Å². The van der Waals surface area contributed by atoms with Crippen molar-refractivity contribution in [1.82, 2.24) is 20.1 Å². The topological polar surface area (TPSA) is 75.2 Å². The van der Waals surface area contributed by atoms with Gasteiger partial charge in [0.2, 0.25) is 5.95 Å². The number of hydrogen-bond acceptors (Lipinski definition) is 7. The fourth-order valence-corrected chi connectivity index (χ4v) is 1.49. The third kappa shape index (κ3) is 7.53. The van der Waals surface area contributed by atoms with Gasteiger partial charge in [-0.3, -0.25) is 0 Å². The summed E-state index contributed by atoms with van der Waals surface area (Å²) in [5, 5.41) is 14.2. The van der Waals surface area contributed by atoms with Crippen LogP contribution in [0.3, 0.4) is 0 Å². The van der Waals surface area contributed by atoms with Crippen molar-refractivity contribution in [3.8, 4) is 0 Å². The van der Waals surface area contributed by atoms with E-state index < -0.39 is 0 Å². The minimum atomic E-state index is 0.550. The van der Waals surface area contributed by atoms with Crippen LogP contribution in [0.5, 0.6) is 0 Å². The highest BCUT2D eigenvalue weighted by Gasteiger charge is 1.99. The quantitative estimate of drug-likeness (QED) is 0.604. The summed E-state index contributed by atoms with van der Waals surface area (Å²) in [6.07, 6.45) is 3.62. The molecule has 0 fully saturated rings. The summed E-state index contributed by atoms with van der Waals surface area (Å²) in [6, 6.07) is 0. The lowest BCUT2D eigenvalue weighted by atomic mass is 10.4. The minimum Gasteiger partial charge on any atom is -0.385 e. The van der Waals surface area contributed by atoms with Crippen molar-refractivity contribution in [3.05, 3.63) is 6.20 Å². The van der Waals surface area contributed by atoms with Crippen molar-refractivity contribution >= 4 is 11.8 Å². The van der Waals surface area contributed by atoms with Gasteiger partial charge in [0.1, 0.15) is 0 Å². The highest BCUT2D eigenvalue weighted by atomic mass is 16.5. The molecule has 0 aromatic carbocycles. The Morgan fingerprint density at radius 3 is 2.74 bits per heavy atom. The first-order valence-electron chi connectivity index (χ1n) is 6.53. The summed E-state index contributed by atoms with van der Waals surface area (Å²) < 4.78 is 4.98. The van der Waals surface area contributed by atoms with Crippen LogP contribution in [-0.2, 0) is 4.74 Å². The van der Waals surface area contributed by atoms with Gasteiger partial charge < -0.3 is 20.3 Å². The van der Waals surface area contributed by atoms with E-state index >= 15 is 0 Å². The molecule has 1 rings (SSSR count). The molecule has 0 unspecified atom stereocenters. The molecule has 7 heteroatoms. The summed E-state index contributed by atoms with van der Waals surface area (Å²) in [5.41, 5.74) is 0. The zero-order valence-electron chi connectivity index (χ0n) is 12.0. The lowest BCUT2D eigenvalue weighted by Gasteiger charge is -2.10. The Labute approximate surface area is 114 Å². The molecule has 0 atom stereocenters. The average Bonchev–Trinajstić information content (AvgIpc) is 2.40. The van der Waals surface area contributed by atoms with Crippen molar-refractivity contribution < 1.29 is 4.74 Å². The van der Waals surface area contributed by atoms with Gasteiger partial charge >= 0.3 is 0 Å². The van der Waals surface area contributed by atoms with Gasteiger partial charge in [-0.05, 0) is 33.5 Å². The predicted octanol–water partition coefficient (Wildman–Crippen LogP) is 0.684. The van der Waals surface area contributed by atoms with E-state index in [0.717, 1.165) is 44.9 Å². The molecule has 0 aliphatic carbocycles. The molecule has 0 saturated carbocycles. The maximum absolute atomic E-state index is 4.98. The molecule has 0 aliphatic rings. The number of nitrogens with zero attached hydrogens (tertiary/aromatic N) is 4. The van der Waals surface area contributed by atoms with Gasteiger partial charge in [0, 0.05) is 26.8 Å². The molecule has 0 bridgehead atoms. The molecular formula is C12H24N6O. The van der Waals surface area contributed by atoms with Crippen LogP contribution in [-0.4, -0.2) is 67.5 Å². The maximum atomic E-state index is 4.98. The zero-order valence-corrected chi connectivity index (χ0v) is 12.0. The van der Waals surface area contributed by atoms with Gasteiger partial charge in [-0.25, -0.2) is 0 Å². The van der Waals surface area contributed by atoms with Crippen LogP contribution in [0, 0.1) is 0 Å². The molecule has 0 radical (unpaired) electrons. The summed E-state index contributed by atoms with van der Waals surface area (Å²) in [5.74, 6) is 1.30. The van der Waals surface area contributed by atoms with Crippen LogP contribution >= 0.6 is 0 Å². The molecule has 0 saturated heterocycles. The van der Waals surface area contributed by atoms with Crippen LogP contribution in [0.2, 0.25) is 0 Å². The van der Waals surface area contributed by atoms with E-state index in [1.165, 1.54) is 0 Å². The summed E-state index contributed by atoms with van der Waals surface area (Å²) in [7, 11) is 5.82. The fraction of sp³-hybridized carbons (Fsp3) is 0.750. The zero-order chi connectivity index (χ0) is 13.9. The summed E-state index contributed by atoms with van der Waals surface area (Å²) in [6.45, 7) is 3.43. The van der Waals surface area contributed by atoms with Gasteiger partial charge in [0.15, 0.2) is 5.82 Å². The molecule has 2 N–H and O–H groups in total. The third-order valence-corrected chi connectivity index (χ3v) is 2.46. The smallest absolute Gasteiger partial charge is 0.244 e. The van der Waals surface area contributed by atoms with Crippen LogP contribution in [0.15, 0.2) is 6.20 Å². The van der Waals surface area contributed by atoms with E-state index in [1.807, 2.05) is 0 Å². The highest BCUT2D eigenvalue weighted by molar-refractivity contribution is 5.36. The number of anilines is 2. The number of nitrogens with one attached hydrogen (secondary N) is 2. The molecule has 0 spiro atoms. The normalized spacial score (nSPS) is 10.7. The van der Waals surface area contributed by atoms with Crippen LogP contribution < -0.4 is 10.6 Å². The fourth-order valence-electron chi connectivity index (χ4n) is 1.49. The first kappa shape index (κ1) is 15.6. The van der Waals surface area contributed by atoms with Crippen LogP contribution in [0.1, 0.15) is 12.8 Å². The lowest BCUT2D eigenvalue weighted by Crippen LogP contribution is -2.17. The van der Waals surface area contributed by atoms with Crippen molar-refractivity contribution in [2.75, 3.05) is 58.1 Å². The molecule has 0 amide bonds. The predicted molar refractivity (Wildman–Crippen MR) is 76.5 cm³/mol. The minimum absolute atomic E-state index is 0.550. The number of hydrogen-bond donors (Lipinski definition) is 2. The van der Waals surface area contributed by atoms with Gasteiger partial charge in [-0.15, -0.1) is 5.10 Å². The monoisotopic (exact) mass is 268 g/mol. The Balaban J connectivity index is 2.27. The number of aromatic nitrogens is 3. The Kier molecular flexibility index (Phi) is 7.76. The van der Waals surface area contributed by atoms with E-state index in [9.17, 15) is 0 Å². The Morgan fingerprint density at radius 1 is 1.21 bits per heavy atom. The molecule has 108 valence electrons. The second-order valence-electron chi connectivity index (χ2n) is 4.52. The standard InChI is InChI=1S/C12H24N6O/c1-18(2)8-4-6-13-11-10-15-17-12(16-11)14-7-5-9-19-3/h10H,4-9H2,1-3H3,(H2,13,14,16,17). The average molecular weight is 268 g/mol. The van der Waals surface area contributed by atoms with Crippen molar-refractivity contribution in [2.24, 2.45) is 0 Å². The largest absolute Gasteiger partial charge is 0.385 e.